The van der Waals surface area contributed by atoms with Crippen LogP contribution < -0.4 is 10.1 Å². The summed E-state index contributed by atoms with van der Waals surface area (Å²) >= 11 is 0. The van der Waals surface area contributed by atoms with Crippen LogP contribution in [0.4, 0.5) is 11.5 Å². The summed E-state index contributed by atoms with van der Waals surface area (Å²) < 4.78 is 5.06. The van der Waals surface area contributed by atoms with Crippen LogP contribution in [0.5, 0.6) is 5.75 Å². The molecule has 6 heteroatoms. The van der Waals surface area contributed by atoms with Crippen molar-refractivity contribution >= 4 is 17.5 Å². The Morgan fingerprint density at radius 3 is 2.68 bits per heavy atom. The number of aryl methyl sites for hydroxylation is 1. The molecule has 2 rings (SSSR count). The Morgan fingerprint density at radius 2 is 2.05 bits per heavy atom. The highest BCUT2D eigenvalue weighted by Crippen LogP contribution is 2.25. The molecule has 0 aliphatic carbocycles. The minimum Gasteiger partial charge on any atom is -0.496 e. The molecule has 0 radical (unpaired) electrons. The number of methoxy groups -OCH3 is 1. The van der Waals surface area contributed by atoms with Crippen molar-refractivity contribution in [1.29, 1.82) is 0 Å². The van der Waals surface area contributed by atoms with Crippen LogP contribution in [0.2, 0.25) is 0 Å². The number of ether oxygens (including phenoxy) is 1. The van der Waals surface area contributed by atoms with Crippen LogP contribution >= 0.6 is 0 Å². The molecule has 98 valence electrons. The maximum absolute atomic E-state index is 11.0. The fourth-order valence-electron chi connectivity index (χ4n) is 1.61. The van der Waals surface area contributed by atoms with E-state index in [0.717, 1.165) is 5.69 Å². The highest BCUT2D eigenvalue weighted by Gasteiger charge is 2.11. The van der Waals surface area contributed by atoms with E-state index in [0.29, 0.717) is 17.3 Å². The standard InChI is InChI=1S/C13H13N3O3/c1-8-12(15-6-5-14-8)16-9-3-4-10(13(17)18)11(7-9)19-2/h3-7H,1-2H3,(H,15,16)(H,17,18). The molecule has 0 saturated heterocycles. The summed E-state index contributed by atoms with van der Waals surface area (Å²) in [7, 11) is 1.43. The molecule has 0 saturated carbocycles. The normalized spacial score (nSPS) is 10.0. The molecule has 0 atom stereocenters. The first-order valence-electron chi connectivity index (χ1n) is 5.58. The van der Waals surface area contributed by atoms with Gasteiger partial charge in [0.05, 0.1) is 12.8 Å². The third-order valence-corrected chi connectivity index (χ3v) is 2.58. The van der Waals surface area contributed by atoms with Crippen molar-refractivity contribution in [2.45, 2.75) is 6.92 Å². The number of carboxylic acid groups (broad SMARTS) is 1. The number of nitrogens with zero attached hydrogens (tertiary/aromatic N) is 2. The van der Waals surface area contributed by atoms with Gasteiger partial charge in [-0.25, -0.2) is 9.78 Å². The predicted molar refractivity (Wildman–Crippen MR) is 70.0 cm³/mol. The van der Waals surface area contributed by atoms with Crippen molar-refractivity contribution in [2.75, 3.05) is 12.4 Å². The molecule has 1 aromatic carbocycles. The lowest BCUT2D eigenvalue weighted by molar-refractivity contribution is 0.0693. The molecule has 2 N–H and O–H groups in total. The van der Waals surface area contributed by atoms with Gasteiger partial charge in [0.15, 0.2) is 5.82 Å². The van der Waals surface area contributed by atoms with Crippen molar-refractivity contribution in [3.63, 3.8) is 0 Å². The van der Waals surface area contributed by atoms with Crippen LogP contribution in [0.15, 0.2) is 30.6 Å². The van der Waals surface area contributed by atoms with Gasteiger partial charge in [0.2, 0.25) is 0 Å². The lowest BCUT2D eigenvalue weighted by Crippen LogP contribution is -2.02. The third-order valence-electron chi connectivity index (χ3n) is 2.58. The van der Waals surface area contributed by atoms with Gasteiger partial charge in [-0.1, -0.05) is 0 Å². The Hall–Kier alpha value is -2.63. The number of anilines is 2. The van der Waals surface area contributed by atoms with E-state index in [4.69, 9.17) is 9.84 Å². The molecule has 1 heterocycles. The number of carbonyl (C=O) groups is 1. The fraction of sp³-hybridized carbons (Fsp3) is 0.154. The maximum atomic E-state index is 11.0. The van der Waals surface area contributed by atoms with Gasteiger partial charge in [-0.15, -0.1) is 0 Å². The van der Waals surface area contributed by atoms with Gasteiger partial charge < -0.3 is 15.2 Å². The first-order valence-corrected chi connectivity index (χ1v) is 5.58. The summed E-state index contributed by atoms with van der Waals surface area (Å²) in [5.74, 6) is -0.120. The second-order valence-corrected chi connectivity index (χ2v) is 3.84. The molecular formula is C13H13N3O3. The van der Waals surface area contributed by atoms with Crippen LogP contribution in [0.25, 0.3) is 0 Å². The van der Waals surface area contributed by atoms with Gasteiger partial charge >= 0.3 is 5.97 Å². The van der Waals surface area contributed by atoms with Gasteiger partial charge in [0.25, 0.3) is 0 Å². The zero-order valence-corrected chi connectivity index (χ0v) is 10.5. The van der Waals surface area contributed by atoms with Crippen LogP contribution in [0, 0.1) is 6.92 Å². The van der Waals surface area contributed by atoms with E-state index in [1.54, 1.807) is 24.5 Å². The summed E-state index contributed by atoms with van der Waals surface area (Å²) in [6.07, 6.45) is 3.19. The van der Waals surface area contributed by atoms with E-state index < -0.39 is 5.97 Å². The van der Waals surface area contributed by atoms with Crippen LogP contribution in [-0.2, 0) is 0 Å². The summed E-state index contributed by atoms with van der Waals surface area (Å²) in [6, 6.07) is 4.74. The molecule has 0 unspecified atom stereocenters. The molecular weight excluding hydrogens is 246 g/mol. The number of aromatic carboxylic acids is 1. The van der Waals surface area contributed by atoms with Crippen molar-refractivity contribution in [3.05, 3.63) is 41.9 Å². The number of hydrogen-bond acceptors (Lipinski definition) is 5. The Kier molecular flexibility index (Phi) is 3.61. The average Bonchev–Trinajstić information content (AvgIpc) is 2.41. The lowest BCUT2D eigenvalue weighted by atomic mass is 10.2. The number of aromatic nitrogens is 2. The third kappa shape index (κ3) is 2.79. The molecule has 0 aliphatic rings. The lowest BCUT2D eigenvalue weighted by Gasteiger charge is -2.10. The van der Waals surface area contributed by atoms with Gasteiger partial charge in [-0.2, -0.15) is 0 Å². The predicted octanol–water partition coefficient (Wildman–Crippen LogP) is 2.24. The quantitative estimate of drug-likeness (QED) is 0.875. The summed E-state index contributed by atoms with van der Waals surface area (Å²) in [4.78, 5) is 19.3. The smallest absolute Gasteiger partial charge is 0.339 e. The van der Waals surface area contributed by atoms with E-state index in [2.05, 4.69) is 15.3 Å². The zero-order chi connectivity index (χ0) is 13.8. The topological polar surface area (TPSA) is 84.3 Å². The highest BCUT2D eigenvalue weighted by atomic mass is 16.5. The van der Waals surface area contributed by atoms with Gasteiger partial charge in [-0.3, -0.25) is 4.98 Å². The largest absolute Gasteiger partial charge is 0.496 e. The van der Waals surface area contributed by atoms with Gasteiger partial charge in [-0.05, 0) is 19.1 Å². The minimum atomic E-state index is -1.03. The molecule has 19 heavy (non-hydrogen) atoms. The van der Waals surface area contributed by atoms with Gasteiger partial charge in [0.1, 0.15) is 11.3 Å². The Balaban J connectivity index is 2.32. The molecule has 0 fully saturated rings. The Bertz CT molecular complexity index is 614. The average molecular weight is 259 g/mol. The SMILES string of the molecule is COc1cc(Nc2nccnc2C)ccc1C(=O)O. The van der Waals surface area contributed by atoms with Crippen LogP contribution in [0.3, 0.4) is 0 Å². The fourth-order valence-corrected chi connectivity index (χ4v) is 1.61. The molecule has 0 aliphatic heterocycles. The Morgan fingerprint density at radius 1 is 1.32 bits per heavy atom. The monoisotopic (exact) mass is 259 g/mol. The van der Waals surface area contributed by atoms with Gasteiger partial charge in [0, 0.05) is 24.1 Å². The van der Waals surface area contributed by atoms with Crippen molar-refractivity contribution in [2.24, 2.45) is 0 Å². The first kappa shape index (κ1) is 12.8. The second-order valence-electron chi connectivity index (χ2n) is 3.84. The molecule has 0 spiro atoms. The van der Waals surface area contributed by atoms with E-state index in [9.17, 15) is 4.79 Å². The van der Waals surface area contributed by atoms with Crippen molar-refractivity contribution < 1.29 is 14.6 Å². The second kappa shape index (κ2) is 5.34. The molecule has 0 amide bonds. The van der Waals surface area contributed by atoms with Crippen LogP contribution in [0.1, 0.15) is 16.1 Å². The number of nitrogens with one attached hydrogen (secondary N) is 1. The van der Waals surface area contributed by atoms with E-state index in [1.807, 2.05) is 6.92 Å². The molecule has 1 aromatic heterocycles. The van der Waals surface area contributed by atoms with Crippen LogP contribution in [-0.4, -0.2) is 28.2 Å². The number of carboxylic acids is 1. The van der Waals surface area contributed by atoms with Crippen molar-refractivity contribution in [1.82, 2.24) is 9.97 Å². The zero-order valence-electron chi connectivity index (χ0n) is 10.5. The number of hydrogen-bond donors (Lipinski definition) is 2. The summed E-state index contributed by atoms with van der Waals surface area (Å²) in [6.45, 7) is 1.83. The van der Waals surface area contributed by atoms with E-state index in [-0.39, 0.29) is 5.56 Å². The molecule has 0 bridgehead atoms. The molecule has 6 nitrogen and oxygen atoms in total. The number of benzene rings is 1. The minimum absolute atomic E-state index is 0.115. The maximum Gasteiger partial charge on any atom is 0.339 e. The van der Waals surface area contributed by atoms with E-state index >= 15 is 0 Å². The molecule has 2 aromatic rings. The Labute approximate surface area is 110 Å². The summed E-state index contributed by atoms with van der Waals surface area (Å²) in [5, 5.41) is 12.1. The van der Waals surface area contributed by atoms with E-state index in [1.165, 1.54) is 13.2 Å². The highest BCUT2D eigenvalue weighted by molar-refractivity contribution is 5.91. The first-order chi connectivity index (χ1) is 9.11. The summed E-state index contributed by atoms with van der Waals surface area (Å²) in [5.41, 5.74) is 1.55. The van der Waals surface area contributed by atoms with Crippen molar-refractivity contribution in [3.8, 4) is 5.75 Å². The number of rotatable bonds is 4.